The van der Waals surface area contributed by atoms with Crippen LogP contribution in [0.25, 0.3) is 0 Å². The quantitative estimate of drug-likeness (QED) is 0.337. The zero-order chi connectivity index (χ0) is 18.2. The summed E-state index contributed by atoms with van der Waals surface area (Å²) in [6.45, 7) is 3.16. The number of aryl methyl sites for hydroxylation is 2. The zero-order valence-electron chi connectivity index (χ0n) is 16.0. The summed E-state index contributed by atoms with van der Waals surface area (Å²) in [6.07, 6.45) is 12.6. The van der Waals surface area contributed by atoms with Crippen molar-refractivity contribution in [3.05, 3.63) is 28.0 Å². The highest BCUT2D eigenvalue weighted by atomic mass is 16.2. The molecule has 1 aliphatic carbocycles. The van der Waals surface area contributed by atoms with Gasteiger partial charge in [0.25, 0.3) is 0 Å². The number of nitrogens with one attached hydrogen (secondary N) is 2. The summed E-state index contributed by atoms with van der Waals surface area (Å²) in [4.78, 5) is 16.6. The number of aromatic nitrogens is 3. The number of nitrogens with zero attached hydrogens (tertiary/aromatic N) is 4. The van der Waals surface area contributed by atoms with Crippen LogP contribution in [0.3, 0.4) is 0 Å². The Kier molecular flexibility index (Phi) is 6.91. The van der Waals surface area contributed by atoms with Crippen molar-refractivity contribution in [1.29, 1.82) is 0 Å². The molecule has 1 aromatic heterocycles. The molecule has 1 aromatic rings. The molecule has 2 aliphatic rings. The lowest BCUT2D eigenvalue weighted by molar-refractivity contribution is 0.509. The number of hydrogen-bond acceptors (Lipinski definition) is 3. The third-order valence-corrected chi connectivity index (χ3v) is 5.22. The summed E-state index contributed by atoms with van der Waals surface area (Å²) >= 11 is 0. The Morgan fingerprint density at radius 1 is 1.19 bits per heavy atom. The molecule has 7 nitrogen and oxygen atoms in total. The lowest BCUT2D eigenvalue weighted by Gasteiger charge is -2.15. The van der Waals surface area contributed by atoms with E-state index in [2.05, 4.69) is 26.8 Å². The van der Waals surface area contributed by atoms with Crippen LogP contribution in [-0.2, 0) is 19.5 Å². The van der Waals surface area contributed by atoms with Gasteiger partial charge in [0.1, 0.15) is 5.82 Å². The molecule has 0 saturated carbocycles. The fraction of sp³-hybridized carbons (Fsp3) is 0.737. The summed E-state index contributed by atoms with van der Waals surface area (Å²) in [5.74, 6) is 1.78. The lowest BCUT2D eigenvalue weighted by Crippen LogP contribution is -2.38. The van der Waals surface area contributed by atoms with E-state index in [1.165, 1.54) is 25.7 Å². The first-order chi connectivity index (χ1) is 12.8. The Hall–Kier alpha value is -2.05. The van der Waals surface area contributed by atoms with Crippen molar-refractivity contribution in [3.63, 3.8) is 0 Å². The van der Waals surface area contributed by atoms with Gasteiger partial charge in [0, 0.05) is 39.6 Å². The Balaban J connectivity index is 1.36. The minimum absolute atomic E-state index is 0.0444. The zero-order valence-corrected chi connectivity index (χ0v) is 16.0. The molecule has 2 heterocycles. The van der Waals surface area contributed by atoms with Gasteiger partial charge >= 0.3 is 5.69 Å². The fourth-order valence-corrected chi connectivity index (χ4v) is 3.72. The average molecular weight is 361 g/mol. The van der Waals surface area contributed by atoms with Crippen molar-refractivity contribution in [2.24, 2.45) is 4.99 Å². The molecule has 3 rings (SSSR count). The van der Waals surface area contributed by atoms with Crippen molar-refractivity contribution < 1.29 is 0 Å². The largest absolute Gasteiger partial charge is 0.356 e. The minimum atomic E-state index is 0.0444. The first-order valence-electron chi connectivity index (χ1n) is 10.1. The van der Waals surface area contributed by atoms with Crippen LogP contribution in [0.15, 0.2) is 21.4 Å². The lowest BCUT2D eigenvalue weighted by atomic mass is 9.97. The van der Waals surface area contributed by atoms with Crippen LogP contribution < -0.4 is 16.3 Å². The van der Waals surface area contributed by atoms with E-state index in [4.69, 9.17) is 0 Å². The molecule has 26 heavy (non-hydrogen) atoms. The van der Waals surface area contributed by atoms with E-state index in [9.17, 15) is 4.79 Å². The van der Waals surface area contributed by atoms with E-state index < -0.39 is 0 Å². The van der Waals surface area contributed by atoms with Crippen molar-refractivity contribution in [2.45, 2.75) is 70.9 Å². The number of hydrogen-bond donors (Lipinski definition) is 2. The normalized spacial score (nSPS) is 17.6. The Bertz CT molecular complexity index is 699. The second-order valence-electron chi connectivity index (χ2n) is 7.17. The molecule has 7 heteroatoms. The highest BCUT2D eigenvalue weighted by molar-refractivity contribution is 5.79. The molecule has 0 aromatic carbocycles. The molecule has 0 bridgehead atoms. The van der Waals surface area contributed by atoms with E-state index in [-0.39, 0.29) is 5.69 Å². The van der Waals surface area contributed by atoms with Gasteiger partial charge in [-0.05, 0) is 51.4 Å². The fourth-order valence-electron chi connectivity index (χ4n) is 3.72. The molecule has 2 N–H and O–H groups in total. The molecular formula is C19H32N6O. The summed E-state index contributed by atoms with van der Waals surface area (Å²) in [6, 6.07) is 0. The second kappa shape index (κ2) is 9.59. The Morgan fingerprint density at radius 3 is 2.81 bits per heavy atom. The number of aliphatic imine (C=N–C) groups is 1. The number of allylic oxidation sites excluding steroid dienone is 1. The number of rotatable bonds is 7. The van der Waals surface area contributed by atoms with Gasteiger partial charge < -0.3 is 10.6 Å². The van der Waals surface area contributed by atoms with Crippen molar-refractivity contribution in [3.8, 4) is 0 Å². The monoisotopic (exact) mass is 360 g/mol. The standard InChI is InChI=1S/C19H32N6O/c1-20-18(22-13-11-16-8-3-2-4-9-16)21-12-7-15-25-19(26)24-14-6-5-10-17(24)23-25/h8H,2-7,9-15H2,1H3,(H2,20,21,22). The van der Waals surface area contributed by atoms with Crippen LogP contribution >= 0.6 is 0 Å². The Morgan fingerprint density at radius 2 is 2.04 bits per heavy atom. The van der Waals surface area contributed by atoms with Gasteiger partial charge in [-0.15, -0.1) is 0 Å². The summed E-state index contributed by atoms with van der Waals surface area (Å²) in [5.41, 5.74) is 1.62. The first kappa shape index (κ1) is 18.7. The molecule has 144 valence electrons. The third kappa shape index (κ3) is 4.99. The van der Waals surface area contributed by atoms with Crippen molar-refractivity contribution >= 4 is 5.96 Å². The Labute approximate surface area is 155 Å². The summed E-state index contributed by atoms with van der Waals surface area (Å²) in [5, 5.41) is 11.2. The van der Waals surface area contributed by atoms with E-state index in [1.54, 1.807) is 17.3 Å². The molecule has 0 unspecified atom stereocenters. The topological polar surface area (TPSA) is 76.2 Å². The SMILES string of the molecule is CN=C(NCCCn1nc2n(c1=O)CCCC2)NCCC1=CCCCC1. The van der Waals surface area contributed by atoms with E-state index in [1.807, 2.05) is 4.57 Å². The third-order valence-electron chi connectivity index (χ3n) is 5.22. The van der Waals surface area contributed by atoms with Crippen LogP contribution in [-0.4, -0.2) is 40.4 Å². The summed E-state index contributed by atoms with van der Waals surface area (Å²) < 4.78 is 3.45. The highest BCUT2D eigenvalue weighted by Gasteiger charge is 2.16. The van der Waals surface area contributed by atoms with Crippen LogP contribution in [0.2, 0.25) is 0 Å². The maximum absolute atomic E-state index is 12.3. The molecule has 0 saturated heterocycles. The predicted octanol–water partition coefficient (Wildman–Crippen LogP) is 1.83. The molecule has 0 radical (unpaired) electrons. The first-order valence-corrected chi connectivity index (χ1v) is 10.1. The van der Waals surface area contributed by atoms with Gasteiger partial charge in [0.2, 0.25) is 0 Å². The van der Waals surface area contributed by atoms with E-state index in [0.29, 0.717) is 6.54 Å². The van der Waals surface area contributed by atoms with E-state index in [0.717, 1.165) is 63.5 Å². The molecule has 0 atom stereocenters. The molecular weight excluding hydrogens is 328 g/mol. The molecule has 0 amide bonds. The molecule has 1 aliphatic heterocycles. The van der Waals surface area contributed by atoms with Gasteiger partial charge in [-0.1, -0.05) is 11.6 Å². The van der Waals surface area contributed by atoms with Gasteiger partial charge in [0.05, 0.1) is 0 Å². The van der Waals surface area contributed by atoms with Crippen LogP contribution in [0.5, 0.6) is 0 Å². The van der Waals surface area contributed by atoms with Crippen molar-refractivity contribution in [2.75, 3.05) is 20.1 Å². The summed E-state index contributed by atoms with van der Waals surface area (Å²) in [7, 11) is 1.79. The van der Waals surface area contributed by atoms with Gasteiger partial charge in [0.15, 0.2) is 5.96 Å². The van der Waals surface area contributed by atoms with Crippen molar-refractivity contribution in [1.82, 2.24) is 25.0 Å². The maximum Gasteiger partial charge on any atom is 0.345 e. The van der Waals surface area contributed by atoms with Gasteiger partial charge in [-0.3, -0.25) is 9.56 Å². The number of guanidine groups is 1. The van der Waals surface area contributed by atoms with Gasteiger partial charge in [-0.2, -0.15) is 5.10 Å². The molecule has 0 spiro atoms. The van der Waals surface area contributed by atoms with Crippen LogP contribution in [0.4, 0.5) is 0 Å². The predicted molar refractivity (Wildman–Crippen MR) is 105 cm³/mol. The van der Waals surface area contributed by atoms with Crippen LogP contribution in [0, 0.1) is 0 Å². The second-order valence-corrected chi connectivity index (χ2v) is 7.17. The van der Waals surface area contributed by atoms with Crippen LogP contribution in [0.1, 0.15) is 57.2 Å². The minimum Gasteiger partial charge on any atom is -0.356 e. The molecule has 0 fully saturated rings. The number of fused-ring (bicyclic) bond motifs is 1. The smallest absolute Gasteiger partial charge is 0.345 e. The van der Waals surface area contributed by atoms with E-state index >= 15 is 0 Å². The highest BCUT2D eigenvalue weighted by Crippen LogP contribution is 2.19. The average Bonchev–Trinajstić information content (AvgIpc) is 3.00. The maximum atomic E-state index is 12.3. The van der Waals surface area contributed by atoms with Gasteiger partial charge in [-0.25, -0.2) is 9.48 Å².